The Labute approximate surface area is 414 Å². The van der Waals surface area contributed by atoms with Gasteiger partial charge in [0.05, 0.1) is 103 Å². The molecule has 20 nitrogen and oxygen atoms in total. The molecule has 70 heavy (non-hydrogen) atoms. The second kappa shape index (κ2) is 26.4. The monoisotopic (exact) mass is 1010 g/mol. The lowest BCUT2D eigenvalue weighted by atomic mass is 9.95. The molecule has 3 heterocycles. The number of morpholine rings is 1. The Morgan fingerprint density at radius 1 is 0.857 bits per heavy atom. The van der Waals surface area contributed by atoms with Crippen molar-refractivity contribution in [1.82, 2.24) is 20.0 Å². The van der Waals surface area contributed by atoms with Crippen molar-refractivity contribution in [2.24, 2.45) is 0 Å². The molecule has 378 valence electrons. The fourth-order valence-electron chi connectivity index (χ4n) is 7.58. The van der Waals surface area contributed by atoms with Crippen molar-refractivity contribution in [3.63, 3.8) is 0 Å². The molecule has 0 unspecified atom stereocenters. The Balaban J connectivity index is 1.04. The summed E-state index contributed by atoms with van der Waals surface area (Å²) in [5.41, 5.74) is 3.58. The van der Waals surface area contributed by atoms with Crippen molar-refractivity contribution in [2.75, 3.05) is 105 Å². The number of methoxy groups -OCH3 is 1. The van der Waals surface area contributed by atoms with E-state index in [-0.39, 0.29) is 64.1 Å². The van der Waals surface area contributed by atoms with Crippen LogP contribution in [0.2, 0.25) is 10.0 Å². The molecule has 2 aliphatic heterocycles. The predicted octanol–water partition coefficient (Wildman–Crippen LogP) is 5.85. The molecule has 0 saturated carbocycles. The molecule has 3 N–H and O–H groups in total. The maximum atomic E-state index is 14.4. The van der Waals surface area contributed by atoms with E-state index in [1.807, 2.05) is 26.0 Å². The van der Waals surface area contributed by atoms with Gasteiger partial charge in [-0.25, -0.2) is 9.48 Å². The molecule has 0 bridgehead atoms. The molecular formula is C48H57Cl2N5O15. The minimum absolute atomic E-state index is 0.0404. The molecule has 0 radical (unpaired) electrons. The zero-order valence-electron chi connectivity index (χ0n) is 39.1. The highest BCUT2D eigenvalue weighted by atomic mass is 35.5. The van der Waals surface area contributed by atoms with Gasteiger partial charge in [0, 0.05) is 57.9 Å². The van der Waals surface area contributed by atoms with Crippen molar-refractivity contribution in [3.05, 3.63) is 75.9 Å². The van der Waals surface area contributed by atoms with Crippen LogP contribution in [0.5, 0.6) is 11.5 Å². The van der Waals surface area contributed by atoms with Crippen LogP contribution in [0, 0.1) is 0 Å². The number of hydrogen-bond donors (Lipinski definition) is 3. The van der Waals surface area contributed by atoms with Gasteiger partial charge in [0.15, 0.2) is 5.69 Å². The Morgan fingerprint density at radius 2 is 1.50 bits per heavy atom. The number of aldehydes is 1. The second-order valence-corrected chi connectivity index (χ2v) is 17.3. The normalized spacial score (nSPS) is 14.2. The maximum Gasteiger partial charge on any atom is 0.505 e. The lowest BCUT2D eigenvalue weighted by molar-refractivity contribution is -0.128. The van der Waals surface area contributed by atoms with Gasteiger partial charge in [0.1, 0.15) is 37.0 Å². The number of fused-ring (bicyclic) bond motifs is 3. The third kappa shape index (κ3) is 14.8. The quantitative estimate of drug-likeness (QED) is 0.0361. The molecule has 2 aliphatic rings. The summed E-state index contributed by atoms with van der Waals surface area (Å²) < 4.78 is 50.8. The van der Waals surface area contributed by atoms with Crippen molar-refractivity contribution in [1.29, 1.82) is 0 Å². The maximum absolute atomic E-state index is 14.4. The molecule has 3 amide bonds. The first-order chi connectivity index (χ1) is 33.8. The lowest BCUT2D eigenvalue weighted by Gasteiger charge is -2.41. The van der Waals surface area contributed by atoms with Crippen LogP contribution >= 0.6 is 23.2 Å². The first-order valence-corrected chi connectivity index (χ1v) is 23.3. The van der Waals surface area contributed by atoms with E-state index in [1.165, 1.54) is 7.11 Å². The summed E-state index contributed by atoms with van der Waals surface area (Å²) in [4.78, 5) is 64.4. The van der Waals surface area contributed by atoms with Crippen LogP contribution in [0.3, 0.4) is 0 Å². The van der Waals surface area contributed by atoms with Gasteiger partial charge in [-0.05, 0) is 55.8 Å². The van der Waals surface area contributed by atoms with Crippen molar-refractivity contribution in [2.45, 2.75) is 44.9 Å². The number of aromatic nitrogens is 2. The van der Waals surface area contributed by atoms with Gasteiger partial charge >= 0.3 is 6.16 Å². The summed E-state index contributed by atoms with van der Waals surface area (Å²) >= 11 is 13.0. The molecule has 3 aromatic carbocycles. The van der Waals surface area contributed by atoms with Crippen LogP contribution in [-0.4, -0.2) is 161 Å². The first kappa shape index (κ1) is 53.5. The fraction of sp³-hybridized carbons (Fsp3) is 0.458. The van der Waals surface area contributed by atoms with Gasteiger partial charge in [-0.3, -0.25) is 14.4 Å². The Hall–Kier alpha value is -5.84. The number of rotatable bonds is 27. The number of ether oxygens (including phenoxy) is 9. The number of carbonyl (C=O) groups is 5. The van der Waals surface area contributed by atoms with Crippen molar-refractivity contribution in [3.8, 4) is 39.6 Å². The number of anilines is 1. The standard InChI is InChI=1S/C48H57Cl2N5O15/c1-48(2)30-68-12-9-54(48)46(59)43-38-29-70-41-28-40(62-3)36(27-37(41)44(38)55(53-43)35-25-32(49)24-33(50)26-35)31-5-4-6-34(23-31)51-45(58)39(7-10-56)52-42(57)8-11-63-13-14-64-15-16-65-17-18-66-19-20-67-21-22-69-47(60)61/h4-6,10,23-28,39H,7-9,11-22,29-30H2,1-3H3,(H,51,58)(H,52,57)(H,60,61)/t39-/m1/s1. The van der Waals surface area contributed by atoms with Gasteiger partial charge < -0.3 is 68.1 Å². The summed E-state index contributed by atoms with van der Waals surface area (Å²) in [6, 6.07) is 14.5. The van der Waals surface area contributed by atoms with Crippen molar-refractivity contribution >= 4 is 59.1 Å². The molecule has 6 rings (SSSR count). The molecule has 22 heteroatoms. The molecule has 1 fully saturated rings. The minimum atomic E-state index is -1.35. The minimum Gasteiger partial charge on any atom is -0.496 e. The molecule has 4 aromatic rings. The van der Waals surface area contributed by atoms with Crippen LogP contribution in [-0.2, 0) is 54.1 Å². The number of hydrogen-bond acceptors (Lipinski definition) is 15. The van der Waals surface area contributed by atoms with Crippen LogP contribution < -0.4 is 20.1 Å². The van der Waals surface area contributed by atoms with E-state index in [4.69, 9.17) is 71.3 Å². The third-order valence-electron chi connectivity index (χ3n) is 10.9. The van der Waals surface area contributed by atoms with E-state index in [2.05, 4.69) is 15.4 Å². The molecule has 1 aromatic heterocycles. The fourth-order valence-corrected chi connectivity index (χ4v) is 8.09. The predicted molar refractivity (Wildman–Crippen MR) is 255 cm³/mol. The number of nitrogens with zero attached hydrogens (tertiary/aromatic N) is 3. The van der Waals surface area contributed by atoms with E-state index in [9.17, 15) is 24.0 Å². The Bertz CT molecular complexity index is 2430. The highest BCUT2D eigenvalue weighted by molar-refractivity contribution is 6.34. The van der Waals surface area contributed by atoms with E-state index >= 15 is 0 Å². The molecular weight excluding hydrogens is 957 g/mol. The third-order valence-corrected chi connectivity index (χ3v) is 11.4. The van der Waals surface area contributed by atoms with E-state index in [0.717, 1.165) is 0 Å². The molecule has 1 saturated heterocycles. The summed E-state index contributed by atoms with van der Waals surface area (Å²) in [6.45, 7) is 7.73. The van der Waals surface area contributed by atoms with E-state index < -0.39 is 29.6 Å². The average Bonchev–Trinajstić information content (AvgIpc) is 3.73. The lowest BCUT2D eigenvalue weighted by Crippen LogP contribution is -2.55. The van der Waals surface area contributed by atoms with Crippen LogP contribution in [0.25, 0.3) is 28.1 Å². The molecule has 0 spiro atoms. The number of amides is 3. The Morgan fingerprint density at radius 3 is 2.11 bits per heavy atom. The number of nitrogens with one attached hydrogen (secondary N) is 2. The van der Waals surface area contributed by atoms with Gasteiger partial charge in [-0.15, -0.1) is 0 Å². The van der Waals surface area contributed by atoms with Crippen molar-refractivity contribution < 1.29 is 71.7 Å². The number of carbonyl (C=O) groups excluding carboxylic acids is 4. The summed E-state index contributed by atoms with van der Waals surface area (Å²) in [7, 11) is 1.53. The smallest absolute Gasteiger partial charge is 0.496 e. The molecule has 1 atom stereocenters. The van der Waals surface area contributed by atoms with E-state index in [0.29, 0.717) is 127 Å². The van der Waals surface area contributed by atoms with Gasteiger partial charge in [-0.1, -0.05) is 35.3 Å². The zero-order chi connectivity index (χ0) is 50.0. The largest absolute Gasteiger partial charge is 0.505 e. The highest BCUT2D eigenvalue weighted by Gasteiger charge is 2.39. The van der Waals surface area contributed by atoms with Crippen LogP contribution in [0.15, 0.2) is 54.6 Å². The average molecular weight is 1010 g/mol. The van der Waals surface area contributed by atoms with Gasteiger partial charge in [0.25, 0.3) is 5.91 Å². The van der Waals surface area contributed by atoms with Crippen LogP contribution in [0.1, 0.15) is 42.7 Å². The van der Waals surface area contributed by atoms with E-state index in [1.54, 1.807) is 52.0 Å². The number of carboxylic acid groups (broad SMARTS) is 1. The first-order valence-electron chi connectivity index (χ1n) is 22.5. The highest BCUT2D eigenvalue weighted by Crippen LogP contribution is 2.47. The van der Waals surface area contributed by atoms with Crippen LogP contribution in [0.4, 0.5) is 10.5 Å². The van der Waals surface area contributed by atoms with Gasteiger partial charge in [0.2, 0.25) is 11.8 Å². The Kier molecular flexibility index (Phi) is 20.2. The summed E-state index contributed by atoms with van der Waals surface area (Å²) in [5.74, 6) is -0.413. The summed E-state index contributed by atoms with van der Waals surface area (Å²) in [6.07, 6.45) is -1.11. The topological polar surface area (TPSA) is 234 Å². The molecule has 0 aliphatic carbocycles. The van der Waals surface area contributed by atoms with Gasteiger partial charge in [-0.2, -0.15) is 5.10 Å². The summed E-state index contributed by atoms with van der Waals surface area (Å²) in [5, 5.41) is 19.5. The second-order valence-electron chi connectivity index (χ2n) is 16.4. The number of halogens is 2. The zero-order valence-corrected chi connectivity index (χ0v) is 40.6. The SMILES string of the molecule is COc1cc2c(cc1-c1cccc(NC(=O)[C@@H](CC=O)NC(=O)CCOCCOCCOCCOCCOCCOC(=O)O)c1)-c1c(c(C(=O)N3CCOCC3(C)C)nn1-c1cc(Cl)cc(Cl)c1)CO2. The number of benzene rings is 3.